The second kappa shape index (κ2) is 7.13. The molecule has 156 valence electrons. The Bertz CT molecular complexity index is 882. The molecule has 1 aromatic rings. The molecule has 2 aliphatic heterocycles. The topological polar surface area (TPSA) is 73.7 Å². The summed E-state index contributed by atoms with van der Waals surface area (Å²) in [4.78, 5) is 27.0. The Balaban J connectivity index is 1.42. The van der Waals surface area contributed by atoms with Crippen molar-refractivity contribution in [3.8, 4) is 0 Å². The van der Waals surface area contributed by atoms with Gasteiger partial charge in [0.25, 0.3) is 0 Å². The summed E-state index contributed by atoms with van der Waals surface area (Å²) in [6.07, 6.45) is 9.69. The van der Waals surface area contributed by atoms with Gasteiger partial charge in [0, 0.05) is 43.9 Å². The average molecular weight is 399 g/mol. The molecule has 2 fully saturated rings. The summed E-state index contributed by atoms with van der Waals surface area (Å²) in [5, 5.41) is 4.21. The molecule has 0 saturated carbocycles. The minimum absolute atomic E-state index is 0.154. The van der Waals surface area contributed by atoms with Crippen LogP contribution in [0.2, 0.25) is 0 Å². The zero-order valence-corrected chi connectivity index (χ0v) is 17.6. The third-order valence-corrected chi connectivity index (χ3v) is 5.77. The molecule has 4 rings (SSSR count). The van der Waals surface area contributed by atoms with Crippen LogP contribution in [0.5, 0.6) is 0 Å². The van der Waals surface area contributed by atoms with Gasteiger partial charge in [-0.15, -0.1) is 0 Å². The van der Waals surface area contributed by atoms with Gasteiger partial charge in [0.15, 0.2) is 5.78 Å². The summed E-state index contributed by atoms with van der Waals surface area (Å²) >= 11 is 0. The van der Waals surface area contributed by atoms with E-state index in [1.807, 2.05) is 46.3 Å². The fourth-order valence-corrected chi connectivity index (χ4v) is 4.28. The Morgan fingerprint density at radius 2 is 2.03 bits per heavy atom. The Morgan fingerprint density at radius 1 is 1.31 bits per heavy atom. The smallest absolute Gasteiger partial charge is 0.410 e. The minimum atomic E-state index is -0.510. The van der Waals surface area contributed by atoms with Crippen molar-refractivity contribution in [2.45, 2.75) is 63.8 Å². The van der Waals surface area contributed by atoms with Crippen molar-refractivity contribution in [1.82, 2.24) is 14.7 Å². The second-order valence-electron chi connectivity index (χ2n) is 9.25. The van der Waals surface area contributed by atoms with Crippen molar-refractivity contribution in [3.05, 3.63) is 35.7 Å². The molecular formula is C22H29N3O4. The fraction of sp³-hybridized carbons (Fsp3) is 0.591. The monoisotopic (exact) mass is 399 g/mol. The quantitative estimate of drug-likeness (QED) is 0.725. The number of fused-ring (bicyclic) bond motifs is 1. The van der Waals surface area contributed by atoms with Crippen molar-refractivity contribution >= 4 is 17.4 Å². The summed E-state index contributed by atoms with van der Waals surface area (Å²) in [5.74, 6) is 0.154. The van der Waals surface area contributed by atoms with Crippen LogP contribution in [0.25, 0.3) is 5.57 Å². The summed E-state index contributed by atoms with van der Waals surface area (Å²) < 4.78 is 13.7. The number of piperidine rings is 1. The van der Waals surface area contributed by atoms with E-state index in [9.17, 15) is 9.59 Å². The number of rotatable bonds is 1. The molecule has 0 bridgehead atoms. The van der Waals surface area contributed by atoms with Crippen LogP contribution < -0.4 is 0 Å². The van der Waals surface area contributed by atoms with Gasteiger partial charge >= 0.3 is 6.09 Å². The first-order valence-electron chi connectivity index (χ1n) is 10.2. The molecule has 29 heavy (non-hydrogen) atoms. The molecule has 1 unspecified atom stereocenters. The van der Waals surface area contributed by atoms with E-state index in [-0.39, 0.29) is 18.0 Å². The predicted molar refractivity (Wildman–Crippen MR) is 108 cm³/mol. The number of nitrogens with zero attached hydrogens (tertiary/aromatic N) is 3. The van der Waals surface area contributed by atoms with Crippen LogP contribution in [0, 0.1) is 0 Å². The SMILES string of the molecule is Cn1cc(C2=CCC3OC4(CCN(C(=O)OC(C)(C)C)CC4)CC(=O)C3=C2)cn1. The summed E-state index contributed by atoms with van der Waals surface area (Å²) in [7, 11) is 1.88. The molecule has 1 aliphatic carbocycles. The highest BCUT2D eigenvalue weighted by Crippen LogP contribution is 2.41. The number of aryl methyl sites for hydroxylation is 1. The lowest BCUT2D eigenvalue weighted by atomic mass is 9.78. The largest absolute Gasteiger partial charge is 0.444 e. The number of hydrogen-bond acceptors (Lipinski definition) is 5. The third kappa shape index (κ3) is 4.15. The number of likely N-dealkylation sites (tertiary alicyclic amines) is 1. The summed E-state index contributed by atoms with van der Waals surface area (Å²) in [6.45, 7) is 6.69. The second-order valence-corrected chi connectivity index (χ2v) is 9.25. The lowest BCUT2D eigenvalue weighted by molar-refractivity contribution is -0.152. The number of carbonyl (C=O) groups excluding carboxylic acids is 2. The van der Waals surface area contributed by atoms with Gasteiger partial charge in [0.1, 0.15) is 5.60 Å². The molecule has 1 amide bonds. The van der Waals surface area contributed by atoms with Crippen LogP contribution in [0.4, 0.5) is 4.79 Å². The van der Waals surface area contributed by atoms with Crippen molar-refractivity contribution in [2.75, 3.05) is 13.1 Å². The van der Waals surface area contributed by atoms with Gasteiger partial charge in [0.05, 0.1) is 17.9 Å². The highest BCUT2D eigenvalue weighted by Gasteiger charge is 2.46. The van der Waals surface area contributed by atoms with Crippen molar-refractivity contribution in [1.29, 1.82) is 0 Å². The zero-order chi connectivity index (χ0) is 20.8. The highest BCUT2D eigenvalue weighted by atomic mass is 16.6. The van der Waals surface area contributed by atoms with E-state index in [1.165, 1.54) is 0 Å². The molecule has 7 heteroatoms. The number of amides is 1. The number of ether oxygens (including phenoxy) is 2. The predicted octanol–water partition coefficient (Wildman–Crippen LogP) is 3.26. The first-order valence-corrected chi connectivity index (χ1v) is 10.2. The number of hydrogen-bond donors (Lipinski definition) is 0. The first kappa shape index (κ1) is 19.9. The van der Waals surface area contributed by atoms with Gasteiger partial charge in [-0.2, -0.15) is 5.10 Å². The maximum atomic E-state index is 13.0. The Hall–Kier alpha value is -2.41. The lowest BCUT2D eigenvalue weighted by Crippen LogP contribution is -2.54. The normalized spacial score (nSPS) is 24.1. The first-order chi connectivity index (χ1) is 13.6. The van der Waals surface area contributed by atoms with Crippen molar-refractivity contribution < 1.29 is 19.1 Å². The Kier molecular flexibility index (Phi) is 4.89. The number of allylic oxidation sites excluding steroid dienone is 2. The standard InChI is InChI=1S/C22H29N3O4/c1-21(2,3)29-20(27)25-9-7-22(8-10-25)12-18(26)17-11-15(5-6-19(17)28-22)16-13-23-24(4)14-16/h5,11,13-14,19H,6-10,12H2,1-4H3. The molecule has 0 radical (unpaired) electrons. The molecular weight excluding hydrogens is 370 g/mol. The van der Waals surface area contributed by atoms with Crippen LogP contribution >= 0.6 is 0 Å². The van der Waals surface area contributed by atoms with Crippen LogP contribution in [-0.2, 0) is 21.3 Å². The van der Waals surface area contributed by atoms with Gasteiger partial charge in [-0.1, -0.05) is 6.08 Å². The number of aromatic nitrogens is 2. The molecule has 0 aromatic carbocycles. The van der Waals surface area contributed by atoms with Gasteiger partial charge in [-0.3, -0.25) is 9.48 Å². The van der Waals surface area contributed by atoms with E-state index in [0.717, 1.165) is 16.7 Å². The summed E-state index contributed by atoms with van der Waals surface area (Å²) in [5.41, 5.74) is 1.81. The van der Waals surface area contributed by atoms with E-state index in [0.29, 0.717) is 38.8 Å². The molecule has 2 saturated heterocycles. The maximum Gasteiger partial charge on any atom is 0.410 e. The van der Waals surface area contributed by atoms with Crippen molar-refractivity contribution in [2.24, 2.45) is 7.05 Å². The van der Waals surface area contributed by atoms with Gasteiger partial charge in [-0.05, 0) is 51.7 Å². The number of Topliss-reactive ketones (excluding diaryl/α,β-unsaturated/α-hetero) is 1. The van der Waals surface area contributed by atoms with Crippen LogP contribution in [0.3, 0.4) is 0 Å². The van der Waals surface area contributed by atoms with Gasteiger partial charge in [-0.25, -0.2) is 4.79 Å². The fourth-order valence-electron chi connectivity index (χ4n) is 4.28. The number of ketones is 1. The van der Waals surface area contributed by atoms with E-state index in [2.05, 4.69) is 11.2 Å². The van der Waals surface area contributed by atoms with E-state index in [1.54, 1.807) is 9.58 Å². The molecule has 3 aliphatic rings. The summed E-state index contributed by atoms with van der Waals surface area (Å²) in [6, 6.07) is 0. The number of carbonyl (C=O) groups is 2. The minimum Gasteiger partial charge on any atom is -0.444 e. The van der Waals surface area contributed by atoms with E-state index >= 15 is 0 Å². The molecule has 1 aromatic heterocycles. The molecule has 0 N–H and O–H groups in total. The van der Waals surface area contributed by atoms with Crippen LogP contribution in [0.1, 0.15) is 52.0 Å². The van der Waals surface area contributed by atoms with Gasteiger partial charge in [0.2, 0.25) is 0 Å². The Labute approximate surface area is 171 Å². The van der Waals surface area contributed by atoms with Crippen LogP contribution in [-0.4, -0.2) is 57.0 Å². The Morgan fingerprint density at radius 3 is 2.66 bits per heavy atom. The average Bonchev–Trinajstić information content (AvgIpc) is 3.07. The third-order valence-electron chi connectivity index (χ3n) is 5.77. The molecule has 3 heterocycles. The molecule has 1 atom stereocenters. The van der Waals surface area contributed by atoms with E-state index < -0.39 is 11.2 Å². The lowest BCUT2D eigenvalue weighted by Gasteiger charge is -2.47. The van der Waals surface area contributed by atoms with Gasteiger partial charge < -0.3 is 14.4 Å². The van der Waals surface area contributed by atoms with Crippen molar-refractivity contribution in [3.63, 3.8) is 0 Å². The highest BCUT2D eigenvalue weighted by molar-refractivity contribution is 6.01. The maximum absolute atomic E-state index is 13.0. The van der Waals surface area contributed by atoms with E-state index in [4.69, 9.17) is 9.47 Å². The van der Waals surface area contributed by atoms with Crippen LogP contribution in [0.15, 0.2) is 30.1 Å². The molecule has 7 nitrogen and oxygen atoms in total. The molecule has 1 spiro atoms. The zero-order valence-electron chi connectivity index (χ0n) is 17.6.